The zero-order valence-corrected chi connectivity index (χ0v) is 17.1. The van der Waals surface area contributed by atoms with Crippen molar-refractivity contribution in [3.8, 4) is 0 Å². The number of halogens is 2. The fraction of sp³-hybridized carbons (Fsp3) is 0.238. The van der Waals surface area contributed by atoms with Gasteiger partial charge in [-0.15, -0.1) is 0 Å². The number of benzene rings is 2. The summed E-state index contributed by atoms with van der Waals surface area (Å²) in [5.74, 6) is -0.889. The Morgan fingerprint density at radius 2 is 1.61 bits per heavy atom. The molecule has 0 saturated carbocycles. The van der Waals surface area contributed by atoms with Crippen LogP contribution >= 0.6 is 23.2 Å². The summed E-state index contributed by atoms with van der Waals surface area (Å²) < 4.78 is 10.1. The SMILES string of the molecule is CC(C)=CC(=O)OCCOC(=O)Cc1ccccc1Nc1c(Cl)cccc1Cl. The Morgan fingerprint density at radius 3 is 2.29 bits per heavy atom. The Hall–Kier alpha value is -2.50. The Labute approximate surface area is 174 Å². The van der Waals surface area contributed by atoms with E-state index < -0.39 is 11.9 Å². The minimum atomic E-state index is -0.456. The van der Waals surface area contributed by atoms with E-state index in [9.17, 15) is 9.59 Å². The summed E-state index contributed by atoms with van der Waals surface area (Å²) in [5, 5.41) is 4.12. The lowest BCUT2D eigenvalue weighted by Crippen LogP contribution is -2.15. The third-order valence-electron chi connectivity index (χ3n) is 3.57. The molecule has 0 aliphatic carbocycles. The highest BCUT2D eigenvalue weighted by Crippen LogP contribution is 2.33. The van der Waals surface area contributed by atoms with Crippen LogP contribution in [0.15, 0.2) is 54.1 Å². The normalized spacial score (nSPS) is 10.1. The number of rotatable bonds is 8. The van der Waals surface area contributed by atoms with Gasteiger partial charge in [0.25, 0.3) is 0 Å². The van der Waals surface area contributed by atoms with E-state index in [1.165, 1.54) is 6.08 Å². The quantitative estimate of drug-likeness (QED) is 0.354. The van der Waals surface area contributed by atoms with Gasteiger partial charge in [0.2, 0.25) is 0 Å². The van der Waals surface area contributed by atoms with Crippen molar-refractivity contribution in [1.82, 2.24) is 0 Å². The minimum absolute atomic E-state index is 0.00345. The van der Waals surface area contributed by atoms with Crippen LogP contribution in [0, 0.1) is 0 Å². The molecule has 0 unspecified atom stereocenters. The van der Waals surface area contributed by atoms with Crippen LogP contribution in [0.3, 0.4) is 0 Å². The zero-order valence-electron chi connectivity index (χ0n) is 15.6. The molecule has 28 heavy (non-hydrogen) atoms. The van der Waals surface area contributed by atoms with Crippen molar-refractivity contribution < 1.29 is 19.1 Å². The number of anilines is 2. The highest BCUT2D eigenvalue weighted by Gasteiger charge is 2.12. The van der Waals surface area contributed by atoms with Gasteiger partial charge in [-0.2, -0.15) is 0 Å². The summed E-state index contributed by atoms with van der Waals surface area (Å²) in [6.07, 6.45) is 1.43. The zero-order chi connectivity index (χ0) is 20.5. The molecule has 0 bridgehead atoms. The molecule has 0 aliphatic rings. The lowest BCUT2D eigenvalue weighted by molar-refractivity contribution is -0.149. The summed E-state index contributed by atoms with van der Waals surface area (Å²) in [7, 11) is 0. The van der Waals surface area contributed by atoms with Gasteiger partial charge in [-0.25, -0.2) is 4.79 Å². The summed E-state index contributed by atoms with van der Waals surface area (Å²) in [4.78, 5) is 23.5. The van der Waals surface area contributed by atoms with E-state index >= 15 is 0 Å². The highest BCUT2D eigenvalue weighted by molar-refractivity contribution is 6.39. The van der Waals surface area contributed by atoms with Crippen LogP contribution in [-0.4, -0.2) is 25.2 Å². The molecule has 0 heterocycles. The van der Waals surface area contributed by atoms with Crippen molar-refractivity contribution in [3.63, 3.8) is 0 Å². The molecule has 0 aromatic heterocycles. The van der Waals surface area contributed by atoms with Gasteiger partial charge < -0.3 is 14.8 Å². The molecule has 0 amide bonds. The molecule has 0 aliphatic heterocycles. The van der Waals surface area contributed by atoms with Gasteiger partial charge in [0.1, 0.15) is 13.2 Å². The standard InChI is InChI=1S/C21H21Cl2NO4/c1-14(2)12-19(25)27-10-11-28-20(26)13-15-6-3-4-9-18(15)24-21-16(22)7-5-8-17(21)23/h3-9,12,24H,10-11,13H2,1-2H3. The third-order valence-corrected chi connectivity index (χ3v) is 4.20. The molecule has 2 rings (SSSR count). The van der Waals surface area contributed by atoms with Gasteiger partial charge in [0, 0.05) is 11.8 Å². The van der Waals surface area contributed by atoms with Crippen molar-refractivity contribution >= 4 is 46.5 Å². The second kappa shape index (κ2) is 10.7. The first-order valence-corrected chi connectivity index (χ1v) is 9.38. The molecular formula is C21H21Cl2NO4. The second-order valence-corrected chi connectivity index (χ2v) is 6.98. The topological polar surface area (TPSA) is 64.6 Å². The maximum Gasteiger partial charge on any atom is 0.330 e. The molecule has 0 fully saturated rings. The molecule has 2 aromatic rings. The van der Waals surface area contributed by atoms with Crippen LogP contribution in [0.4, 0.5) is 11.4 Å². The van der Waals surface area contributed by atoms with Gasteiger partial charge in [-0.1, -0.05) is 53.0 Å². The lowest BCUT2D eigenvalue weighted by atomic mass is 10.1. The fourth-order valence-electron chi connectivity index (χ4n) is 2.33. The first kappa shape index (κ1) is 21.8. The van der Waals surface area contributed by atoms with Crippen molar-refractivity contribution in [1.29, 1.82) is 0 Å². The smallest absolute Gasteiger partial charge is 0.330 e. The van der Waals surface area contributed by atoms with E-state index in [4.69, 9.17) is 32.7 Å². The Kier molecular flexibility index (Phi) is 8.36. The molecule has 2 aromatic carbocycles. The van der Waals surface area contributed by atoms with E-state index in [1.807, 2.05) is 24.3 Å². The number of allylic oxidation sites excluding steroid dienone is 1. The molecule has 0 saturated heterocycles. The van der Waals surface area contributed by atoms with Gasteiger partial charge in [0.05, 0.1) is 22.2 Å². The van der Waals surface area contributed by atoms with Crippen molar-refractivity contribution in [2.45, 2.75) is 20.3 Å². The number of carbonyl (C=O) groups excluding carboxylic acids is 2. The lowest BCUT2D eigenvalue weighted by Gasteiger charge is -2.14. The summed E-state index contributed by atoms with van der Waals surface area (Å²) >= 11 is 12.4. The van der Waals surface area contributed by atoms with Crippen LogP contribution in [-0.2, 0) is 25.5 Å². The summed E-state index contributed by atoms with van der Waals surface area (Å²) in [5.41, 5.74) is 2.83. The number of hydrogen-bond acceptors (Lipinski definition) is 5. The molecule has 5 nitrogen and oxygen atoms in total. The van der Waals surface area contributed by atoms with E-state index in [1.54, 1.807) is 32.0 Å². The summed E-state index contributed by atoms with van der Waals surface area (Å²) in [6.45, 7) is 3.59. The molecule has 1 N–H and O–H groups in total. The Bertz CT molecular complexity index is 856. The first-order chi connectivity index (χ1) is 13.4. The van der Waals surface area contributed by atoms with Crippen LogP contribution in [0.25, 0.3) is 0 Å². The average Bonchev–Trinajstić information content (AvgIpc) is 2.63. The van der Waals surface area contributed by atoms with Crippen molar-refractivity contribution in [2.75, 3.05) is 18.5 Å². The maximum absolute atomic E-state index is 12.1. The van der Waals surface area contributed by atoms with Crippen molar-refractivity contribution in [2.24, 2.45) is 0 Å². The number of hydrogen-bond donors (Lipinski definition) is 1. The molecule has 148 valence electrons. The van der Waals surface area contributed by atoms with Crippen LogP contribution < -0.4 is 5.32 Å². The molecule has 7 heteroatoms. The van der Waals surface area contributed by atoms with Crippen LogP contribution in [0.2, 0.25) is 10.0 Å². The van der Waals surface area contributed by atoms with E-state index in [0.29, 0.717) is 21.4 Å². The Balaban J connectivity index is 1.93. The van der Waals surface area contributed by atoms with Crippen LogP contribution in [0.5, 0.6) is 0 Å². The predicted molar refractivity (Wildman–Crippen MR) is 111 cm³/mol. The molecule has 0 atom stereocenters. The number of nitrogens with one attached hydrogen (secondary N) is 1. The summed E-state index contributed by atoms with van der Waals surface area (Å²) in [6, 6.07) is 12.5. The molecular weight excluding hydrogens is 401 g/mol. The number of ether oxygens (including phenoxy) is 2. The predicted octanol–water partition coefficient (Wildman–Crippen LogP) is 5.33. The van der Waals surface area contributed by atoms with E-state index in [0.717, 1.165) is 11.1 Å². The number of para-hydroxylation sites is 2. The second-order valence-electron chi connectivity index (χ2n) is 6.17. The number of carbonyl (C=O) groups is 2. The van der Waals surface area contributed by atoms with E-state index in [-0.39, 0.29) is 19.6 Å². The van der Waals surface area contributed by atoms with Gasteiger partial charge in [-0.05, 0) is 37.6 Å². The first-order valence-electron chi connectivity index (χ1n) is 8.63. The average molecular weight is 422 g/mol. The van der Waals surface area contributed by atoms with Gasteiger partial charge in [-0.3, -0.25) is 4.79 Å². The Morgan fingerprint density at radius 1 is 0.964 bits per heavy atom. The maximum atomic E-state index is 12.1. The monoisotopic (exact) mass is 421 g/mol. The van der Waals surface area contributed by atoms with Gasteiger partial charge in [0.15, 0.2) is 0 Å². The highest BCUT2D eigenvalue weighted by atomic mass is 35.5. The fourth-order valence-corrected chi connectivity index (χ4v) is 2.82. The van der Waals surface area contributed by atoms with Gasteiger partial charge >= 0.3 is 11.9 Å². The minimum Gasteiger partial charge on any atom is -0.462 e. The molecule has 0 radical (unpaired) electrons. The largest absolute Gasteiger partial charge is 0.462 e. The third kappa shape index (κ3) is 6.91. The van der Waals surface area contributed by atoms with E-state index in [2.05, 4.69) is 5.32 Å². The number of esters is 2. The van der Waals surface area contributed by atoms with Crippen molar-refractivity contribution in [3.05, 3.63) is 69.7 Å². The van der Waals surface area contributed by atoms with Crippen LogP contribution in [0.1, 0.15) is 19.4 Å². The molecule has 0 spiro atoms.